The maximum absolute atomic E-state index is 13.1. The fraction of sp³-hybridized carbons (Fsp3) is 0.160. The number of aromatic nitrogens is 2. The second-order valence-corrected chi connectivity index (χ2v) is 6.94. The fourth-order valence-corrected chi connectivity index (χ4v) is 3.50. The molecular formula is C25H22N2O4. The molecule has 0 spiro atoms. The van der Waals surface area contributed by atoms with Gasteiger partial charge in [0.25, 0.3) is 5.56 Å². The molecule has 0 N–H and O–H groups in total. The van der Waals surface area contributed by atoms with Crippen molar-refractivity contribution < 1.29 is 14.3 Å². The molecular weight excluding hydrogens is 392 g/mol. The van der Waals surface area contributed by atoms with Gasteiger partial charge in [-0.15, -0.1) is 0 Å². The van der Waals surface area contributed by atoms with Gasteiger partial charge in [0.2, 0.25) is 0 Å². The number of nitrogens with zero attached hydrogens (tertiary/aromatic N) is 2. The Morgan fingerprint density at radius 2 is 1.65 bits per heavy atom. The van der Waals surface area contributed by atoms with Crippen molar-refractivity contribution >= 4 is 16.6 Å². The number of carbonyl (C=O) groups excluding carboxylic acids is 1. The molecule has 0 aliphatic heterocycles. The molecule has 0 bridgehead atoms. The quantitative estimate of drug-likeness (QED) is 0.421. The lowest BCUT2D eigenvalue weighted by molar-refractivity contribution is 0.0966. The van der Waals surface area contributed by atoms with Crippen molar-refractivity contribution in [1.29, 1.82) is 0 Å². The molecule has 6 heteroatoms. The molecule has 4 rings (SSSR count). The van der Waals surface area contributed by atoms with Gasteiger partial charge in [-0.2, -0.15) is 5.10 Å². The van der Waals surface area contributed by atoms with E-state index in [2.05, 4.69) is 5.10 Å². The summed E-state index contributed by atoms with van der Waals surface area (Å²) in [6.45, 7) is 2.24. The molecule has 156 valence electrons. The van der Waals surface area contributed by atoms with E-state index in [0.717, 1.165) is 5.56 Å². The highest BCUT2D eigenvalue weighted by atomic mass is 16.5. The van der Waals surface area contributed by atoms with Crippen molar-refractivity contribution in [3.63, 3.8) is 0 Å². The summed E-state index contributed by atoms with van der Waals surface area (Å²) in [6.07, 6.45) is 0. The Labute approximate surface area is 179 Å². The molecule has 0 radical (unpaired) electrons. The van der Waals surface area contributed by atoms with Crippen molar-refractivity contribution in [2.75, 3.05) is 13.7 Å². The number of ether oxygens (including phenoxy) is 2. The van der Waals surface area contributed by atoms with Crippen LogP contribution in [0.5, 0.6) is 11.5 Å². The van der Waals surface area contributed by atoms with E-state index in [1.54, 1.807) is 49.6 Å². The zero-order chi connectivity index (χ0) is 21.8. The Hall–Kier alpha value is -3.93. The Bertz CT molecular complexity index is 1300. The average Bonchev–Trinajstić information content (AvgIpc) is 2.81. The molecule has 0 atom stereocenters. The van der Waals surface area contributed by atoms with E-state index in [4.69, 9.17) is 9.47 Å². The molecule has 0 aliphatic carbocycles. The summed E-state index contributed by atoms with van der Waals surface area (Å²) in [6, 6.07) is 21.7. The number of carbonyl (C=O) groups is 1. The van der Waals surface area contributed by atoms with Gasteiger partial charge in [0, 0.05) is 16.5 Å². The monoisotopic (exact) mass is 414 g/mol. The molecule has 1 heterocycles. The predicted molar refractivity (Wildman–Crippen MR) is 120 cm³/mol. The van der Waals surface area contributed by atoms with Gasteiger partial charge in [-0.25, -0.2) is 4.68 Å². The summed E-state index contributed by atoms with van der Waals surface area (Å²) in [7, 11) is 1.58. The first kappa shape index (κ1) is 20.3. The highest BCUT2D eigenvalue weighted by Crippen LogP contribution is 2.34. The van der Waals surface area contributed by atoms with E-state index in [0.29, 0.717) is 40.1 Å². The molecule has 4 aromatic rings. The zero-order valence-corrected chi connectivity index (χ0v) is 17.4. The van der Waals surface area contributed by atoms with E-state index in [-0.39, 0.29) is 17.9 Å². The standard InChI is InChI=1S/C25H22N2O4/c1-3-31-23-15-18(13-14-22(23)30-2)24-19-11-7-8-12-20(19)25(29)27(26-24)16-21(28)17-9-5-4-6-10-17/h4-15H,3,16H2,1-2H3. The highest BCUT2D eigenvalue weighted by molar-refractivity contribution is 5.97. The number of fused-ring (bicyclic) bond motifs is 1. The van der Waals surface area contributed by atoms with E-state index in [9.17, 15) is 9.59 Å². The third-order valence-corrected chi connectivity index (χ3v) is 4.99. The molecule has 3 aromatic carbocycles. The minimum absolute atomic E-state index is 0.144. The minimum Gasteiger partial charge on any atom is -0.493 e. The molecule has 31 heavy (non-hydrogen) atoms. The topological polar surface area (TPSA) is 70.4 Å². The summed E-state index contributed by atoms with van der Waals surface area (Å²) in [5.41, 5.74) is 1.59. The van der Waals surface area contributed by atoms with E-state index < -0.39 is 0 Å². The third kappa shape index (κ3) is 4.05. The van der Waals surface area contributed by atoms with Crippen LogP contribution < -0.4 is 15.0 Å². The lowest BCUT2D eigenvalue weighted by atomic mass is 10.0. The van der Waals surface area contributed by atoms with Crippen LogP contribution in [0.15, 0.2) is 77.6 Å². The molecule has 0 fully saturated rings. The summed E-state index contributed by atoms with van der Waals surface area (Å²) >= 11 is 0. The normalized spacial score (nSPS) is 10.8. The van der Waals surface area contributed by atoms with E-state index in [1.807, 2.05) is 37.3 Å². The third-order valence-electron chi connectivity index (χ3n) is 4.99. The van der Waals surface area contributed by atoms with E-state index in [1.165, 1.54) is 4.68 Å². The maximum atomic E-state index is 13.1. The number of hydrogen-bond acceptors (Lipinski definition) is 5. The van der Waals surface area contributed by atoms with Crippen molar-refractivity contribution in [2.24, 2.45) is 0 Å². The molecule has 0 saturated carbocycles. The molecule has 0 amide bonds. The summed E-state index contributed by atoms with van der Waals surface area (Å²) in [5, 5.41) is 5.79. The number of methoxy groups -OCH3 is 1. The van der Waals surface area contributed by atoms with Crippen LogP contribution in [-0.4, -0.2) is 29.3 Å². The Morgan fingerprint density at radius 3 is 2.35 bits per heavy atom. The highest BCUT2D eigenvalue weighted by Gasteiger charge is 2.16. The van der Waals surface area contributed by atoms with Crippen LogP contribution in [0.2, 0.25) is 0 Å². The second kappa shape index (κ2) is 8.83. The largest absolute Gasteiger partial charge is 0.493 e. The first-order valence-electron chi connectivity index (χ1n) is 10.0. The van der Waals surface area contributed by atoms with Gasteiger partial charge in [0.05, 0.1) is 24.8 Å². The Morgan fingerprint density at radius 1 is 0.935 bits per heavy atom. The fourth-order valence-electron chi connectivity index (χ4n) is 3.50. The molecule has 0 saturated heterocycles. The van der Waals surface area contributed by atoms with Crippen molar-refractivity contribution in [3.05, 3.63) is 88.7 Å². The zero-order valence-electron chi connectivity index (χ0n) is 17.4. The molecule has 0 aliphatic rings. The summed E-state index contributed by atoms with van der Waals surface area (Å²) in [5.74, 6) is 1.02. The smallest absolute Gasteiger partial charge is 0.275 e. The number of rotatable bonds is 7. The SMILES string of the molecule is CCOc1cc(-c2nn(CC(=O)c3ccccc3)c(=O)c3ccccc23)ccc1OC. The van der Waals surface area contributed by atoms with Crippen LogP contribution in [0, 0.1) is 0 Å². The molecule has 6 nitrogen and oxygen atoms in total. The first-order valence-corrected chi connectivity index (χ1v) is 10.0. The minimum atomic E-state index is -0.304. The van der Waals surface area contributed by atoms with E-state index >= 15 is 0 Å². The van der Waals surface area contributed by atoms with Gasteiger partial charge >= 0.3 is 0 Å². The maximum Gasteiger partial charge on any atom is 0.275 e. The van der Waals surface area contributed by atoms with Gasteiger partial charge in [-0.3, -0.25) is 9.59 Å². The Kier molecular flexibility index (Phi) is 5.80. The number of hydrogen-bond donors (Lipinski definition) is 0. The van der Waals surface area contributed by atoms with Gasteiger partial charge in [-0.05, 0) is 31.2 Å². The lowest BCUT2D eigenvalue weighted by Gasteiger charge is -2.14. The van der Waals surface area contributed by atoms with Crippen LogP contribution in [0.3, 0.4) is 0 Å². The summed E-state index contributed by atoms with van der Waals surface area (Å²) < 4.78 is 12.3. The van der Waals surface area contributed by atoms with Crippen molar-refractivity contribution in [1.82, 2.24) is 9.78 Å². The predicted octanol–water partition coefficient (Wildman–Crippen LogP) is 4.35. The summed E-state index contributed by atoms with van der Waals surface area (Å²) in [4.78, 5) is 25.8. The molecule has 1 aromatic heterocycles. The van der Waals surface area contributed by atoms with Crippen LogP contribution in [0.25, 0.3) is 22.0 Å². The van der Waals surface area contributed by atoms with Crippen LogP contribution in [0.1, 0.15) is 17.3 Å². The van der Waals surface area contributed by atoms with Crippen molar-refractivity contribution in [3.8, 4) is 22.8 Å². The lowest BCUT2D eigenvalue weighted by Crippen LogP contribution is -2.27. The average molecular weight is 414 g/mol. The molecule has 0 unspecified atom stereocenters. The second-order valence-electron chi connectivity index (χ2n) is 6.94. The number of Topliss-reactive ketones (excluding diaryl/α,β-unsaturated/α-hetero) is 1. The van der Waals surface area contributed by atoms with Crippen LogP contribution in [-0.2, 0) is 6.54 Å². The van der Waals surface area contributed by atoms with Gasteiger partial charge in [0.1, 0.15) is 6.54 Å². The van der Waals surface area contributed by atoms with Crippen LogP contribution >= 0.6 is 0 Å². The van der Waals surface area contributed by atoms with Crippen molar-refractivity contribution in [2.45, 2.75) is 13.5 Å². The number of benzene rings is 3. The Balaban J connectivity index is 1.86. The van der Waals surface area contributed by atoms with Gasteiger partial charge in [0.15, 0.2) is 17.3 Å². The van der Waals surface area contributed by atoms with Gasteiger partial charge in [-0.1, -0.05) is 48.5 Å². The van der Waals surface area contributed by atoms with Crippen LogP contribution in [0.4, 0.5) is 0 Å². The first-order chi connectivity index (χ1) is 15.1. The number of ketones is 1. The van der Waals surface area contributed by atoms with Gasteiger partial charge < -0.3 is 9.47 Å².